The molecule has 0 N–H and O–H groups in total. The van der Waals surface area contributed by atoms with Gasteiger partial charge in [0.1, 0.15) is 5.75 Å². The van der Waals surface area contributed by atoms with Crippen LogP contribution >= 0.6 is 0 Å². The Morgan fingerprint density at radius 2 is 2.06 bits per heavy atom. The Kier molecular flexibility index (Phi) is 2.87. The predicted octanol–water partition coefficient (Wildman–Crippen LogP) is 3.62. The summed E-state index contributed by atoms with van der Waals surface area (Å²) in [6.45, 7) is 6.60. The monoisotopic (exact) mass is 229 g/mol. The number of ether oxygens (including phenoxy) is 1. The van der Waals surface area contributed by atoms with E-state index in [0.717, 1.165) is 12.2 Å². The van der Waals surface area contributed by atoms with Crippen LogP contribution < -0.4 is 4.74 Å². The SMILES string of the molecule is COc1ccc(C(C)(C)C)cc1C1CC1C#N. The van der Waals surface area contributed by atoms with Gasteiger partial charge in [-0.05, 0) is 29.0 Å². The first kappa shape index (κ1) is 12.0. The van der Waals surface area contributed by atoms with E-state index in [1.165, 1.54) is 11.1 Å². The number of rotatable bonds is 2. The molecule has 0 radical (unpaired) electrons. The number of methoxy groups -OCH3 is 1. The van der Waals surface area contributed by atoms with Gasteiger partial charge in [-0.25, -0.2) is 0 Å². The third-order valence-corrected chi connectivity index (χ3v) is 3.45. The molecule has 0 aliphatic heterocycles. The molecule has 2 unspecified atom stereocenters. The molecule has 0 amide bonds. The maximum absolute atomic E-state index is 8.94. The molecule has 1 aromatic rings. The molecule has 90 valence electrons. The molecule has 0 spiro atoms. The van der Waals surface area contributed by atoms with Gasteiger partial charge < -0.3 is 4.74 Å². The highest BCUT2D eigenvalue weighted by molar-refractivity contribution is 5.45. The van der Waals surface area contributed by atoms with E-state index in [1.54, 1.807) is 7.11 Å². The van der Waals surface area contributed by atoms with E-state index in [1.807, 2.05) is 6.07 Å². The zero-order chi connectivity index (χ0) is 12.6. The summed E-state index contributed by atoms with van der Waals surface area (Å²) >= 11 is 0. The van der Waals surface area contributed by atoms with E-state index in [-0.39, 0.29) is 11.3 Å². The zero-order valence-corrected chi connectivity index (χ0v) is 10.9. The van der Waals surface area contributed by atoms with Crippen LogP contribution in [0.3, 0.4) is 0 Å². The van der Waals surface area contributed by atoms with E-state index in [0.29, 0.717) is 5.92 Å². The summed E-state index contributed by atoms with van der Waals surface area (Å²) in [5.74, 6) is 1.47. The largest absolute Gasteiger partial charge is 0.496 e. The minimum Gasteiger partial charge on any atom is -0.496 e. The van der Waals surface area contributed by atoms with Crippen molar-refractivity contribution in [2.45, 2.75) is 38.5 Å². The average molecular weight is 229 g/mol. The maximum Gasteiger partial charge on any atom is 0.122 e. The third kappa shape index (κ3) is 2.29. The van der Waals surface area contributed by atoms with Crippen LogP contribution in [0, 0.1) is 17.2 Å². The van der Waals surface area contributed by atoms with Crippen molar-refractivity contribution in [2.75, 3.05) is 7.11 Å². The molecule has 1 fully saturated rings. The number of hydrogen-bond acceptors (Lipinski definition) is 2. The summed E-state index contributed by atoms with van der Waals surface area (Å²) in [4.78, 5) is 0. The van der Waals surface area contributed by atoms with Gasteiger partial charge in [-0.1, -0.05) is 32.9 Å². The Morgan fingerprint density at radius 1 is 1.35 bits per heavy atom. The van der Waals surface area contributed by atoms with Gasteiger partial charge in [-0.2, -0.15) is 5.26 Å². The van der Waals surface area contributed by atoms with Crippen molar-refractivity contribution in [3.8, 4) is 11.8 Å². The van der Waals surface area contributed by atoms with Crippen LogP contribution in [-0.2, 0) is 5.41 Å². The van der Waals surface area contributed by atoms with Gasteiger partial charge >= 0.3 is 0 Å². The summed E-state index contributed by atoms with van der Waals surface area (Å²) in [7, 11) is 1.69. The lowest BCUT2D eigenvalue weighted by Gasteiger charge is -2.21. The van der Waals surface area contributed by atoms with Crippen LogP contribution in [0.15, 0.2) is 18.2 Å². The first-order valence-electron chi connectivity index (χ1n) is 6.05. The molecule has 0 aromatic heterocycles. The molecule has 1 aromatic carbocycles. The van der Waals surface area contributed by atoms with Crippen molar-refractivity contribution in [3.05, 3.63) is 29.3 Å². The smallest absolute Gasteiger partial charge is 0.122 e. The minimum absolute atomic E-state index is 0.137. The van der Waals surface area contributed by atoms with Gasteiger partial charge in [0.25, 0.3) is 0 Å². The fraction of sp³-hybridized carbons (Fsp3) is 0.533. The third-order valence-electron chi connectivity index (χ3n) is 3.45. The Morgan fingerprint density at radius 3 is 2.53 bits per heavy atom. The number of benzene rings is 1. The summed E-state index contributed by atoms with van der Waals surface area (Å²) in [5, 5.41) is 8.94. The Labute approximate surface area is 103 Å². The van der Waals surface area contributed by atoms with Gasteiger partial charge in [-0.3, -0.25) is 0 Å². The van der Waals surface area contributed by atoms with E-state index in [4.69, 9.17) is 10.00 Å². The standard InChI is InChI=1S/C15H19NO/c1-15(2,3)11-5-6-14(17-4)13(8-11)12-7-10(12)9-16/h5-6,8,10,12H,7H2,1-4H3. The lowest BCUT2D eigenvalue weighted by atomic mass is 9.85. The van der Waals surface area contributed by atoms with Gasteiger partial charge in [0.05, 0.1) is 19.1 Å². The molecule has 17 heavy (non-hydrogen) atoms. The summed E-state index contributed by atoms with van der Waals surface area (Å²) in [6, 6.07) is 8.70. The van der Waals surface area contributed by atoms with Crippen LogP contribution in [0.25, 0.3) is 0 Å². The van der Waals surface area contributed by atoms with Crippen molar-refractivity contribution < 1.29 is 4.74 Å². The van der Waals surface area contributed by atoms with Crippen molar-refractivity contribution in [1.82, 2.24) is 0 Å². The first-order chi connectivity index (χ1) is 7.97. The topological polar surface area (TPSA) is 33.0 Å². The fourth-order valence-corrected chi connectivity index (χ4v) is 2.17. The molecule has 0 heterocycles. The van der Waals surface area contributed by atoms with Crippen molar-refractivity contribution in [1.29, 1.82) is 5.26 Å². The van der Waals surface area contributed by atoms with E-state index < -0.39 is 0 Å². The number of hydrogen-bond donors (Lipinski definition) is 0. The maximum atomic E-state index is 8.94. The van der Waals surface area contributed by atoms with Crippen molar-refractivity contribution >= 4 is 0 Å². The molecule has 2 nitrogen and oxygen atoms in total. The lowest BCUT2D eigenvalue weighted by Crippen LogP contribution is -2.11. The number of nitriles is 1. The molecule has 2 heteroatoms. The Balaban J connectivity index is 2.39. The molecule has 2 atom stereocenters. The Hall–Kier alpha value is -1.49. The van der Waals surface area contributed by atoms with E-state index in [9.17, 15) is 0 Å². The van der Waals surface area contributed by atoms with E-state index >= 15 is 0 Å². The minimum atomic E-state index is 0.137. The zero-order valence-electron chi connectivity index (χ0n) is 10.9. The van der Waals surface area contributed by atoms with E-state index in [2.05, 4.69) is 39.0 Å². The molecule has 1 aliphatic rings. The lowest BCUT2D eigenvalue weighted by molar-refractivity contribution is 0.408. The molecule has 0 saturated heterocycles. The highest BCUT2D eigenvalue weighted by Gasteiger charge is 2.40. The van der Waals surface area contributed by atoms with Crippen molar-refractivity contribution in [2.24, 2.45) is 5.92 Å². The molecule has 0 bridgehead atoms. The van der Waals surface area contributed by atoms with Gasteiger partial charge in [0.2, 0.25) is 0 Å². The second-order valence-corrected chi connectivity index (χ2v) is 5.78. The predicted molar refractivity (Wildman–Crippen MR) is 68.2 cm³/mol. The summed E-state index contributed by atoms with van der Waals surface area (Å²) in [5.41, 5.74) is 2.64. The molecule has 1 aliphatic carbocycles. The highest BCUT2D eigenvalue weighted by Crippen LogP contribution is 2.50. The van der Waals surface area contributed by atoms with Crippen LogP contribution in [0.1, 0.15) is 44.2 Å². The van der Waals surface area contributed by atoms with Gasteiger partial charge in [-0.15, -0.1) is 0 Å². The van der Waals surface area contributed by atoms with Crippen molar-refractivity contribution in [3.63, 3.8) is 0 Å². The van der Waals surface area contributed by atoms with Crippen LogP contribution in [0.2, 0.25) is 0 Å². The van der Waals surface area contributed by atoms with Gasteiger partial charge in [0.15, 0.2) is 0 Å². The Bertz CT molecular complexity index is 465. The summed E-state index contributed by atoms with van der Waals surface area (Å²) < 4.78 is 5.40. The normalized spacial score (nSPS) is 23.0. The second-order valence-electron chi connectivity index (χ2n) is 5.78. The van der Waals surface area contributed by atoms with Crippen LogP contribution in [0.4, 0.5) is 0 Å². The fourth-order valence-electron chi connectivity index (χ4n) is 2.17. The first-order valence-corrected chi connectivity index (χ1v) is 6.05. The molecular formula is C15H19NO. The molecule has 2 rings (SSSR count). The molecule has 1 saturated carbocycles. The number of nitrogens with zero attached hydrogens (tertiary/aromatic N) is 1. The highest BCUT2D eigenvalue weighted by atomic mass is 16.5. The second kappa shape index (κ2) is 4.07. The van der Waals surface area contributed by atoms with Gasteiger partial charge in [0, 0.05) is 5.92 Å². The van der Waals surface area contributed by atoms with Crippen LogP contribution in [-0.4, -0.2) is 7.11 Å². The summed E-state index contributed by atoms with van der Waals surface area (Å²) in [6.07, 6.45) is 0.973. The average Bonchev–Trinajstić information content (AvgIpc) is 3.06. The quantitative estimate of drug-likeness (QED) is 0.776. The van der Waals surface area contributed by atoms with Crippen LogP contribution in [0.5, 0.6) is 5.75 Å². The molecular weight excluding hydrogens is 210 g/mol.